The molecular formula is C31H45BrN2O4S. The molecular weight excluding hydrogens is 576 g/mol. The minimum atomic E-state index is -3.66. The predicted molar refractivity (Wildman–Crippen MR) is 165 cm³/mol. The van der Waals surface area contributed by atoms with Gasteiger partial charge in [-0.3, -0.25) is 4.79 Å². The van der Waals surface area contributed by atoms with Crippen LogP contribution in [0.5, 0.6) is 0 Å². The first-order chi connectivity index (χ1) is 18.6. The summed E-state index contributed by atoms with van der Waals surface area (Å²) in [5.74, 6) is -0.653. The van der Waals surface area contributed by atoms with E-state index >= 15 is 0 Å². The van der Waals surface area contributed by atoms with Crippen molar-refractivity contribution in [3.8, 4) is 0 Å². The van der Waals surface area contributed by atoms with Crippen molar-refractivity contribution in [3.63, 3.8) is 0 Å². The second-order valence-electron chi connectivity index (χ2n) is 11.2. The first-order valence-electron chi connectivity index (χ1n) is 14.3. The number of halogens is 1. The lowest BCUT2D eigenvalue weighted by atomic mass is 9.68. The van der Waals surface area contributed by atoms with Gasteiger partial charge in [-0.05, 0) is 67.1 Å². The summed E-state index contributed by atoms with van der Waals surface area (Å²) in [4.78, 5) is 14.8. The number of hydrogen-bond donors (Lipinski definition) is 2. The predicted octanol–water partition coefficient (Wildman–Crippen LogP) is 6.90. The van der Waals surface area contributed by atoms with E-state index < -0.39 is 27.3 Å². The number of nitrogens with zero attached hydrogens (tertiary/aromatic N) is 1. The molecule has 3 rings (SSSR count). The second kappa shape index (κ2) is 14.1. The molecule has 1 aliphatic heterocycles. The van der Waals surface area contributed by atoms with E-state index in [4.69, 9.17) is 0 Å². The maximum absolute atomic E-state index is 14.0. The number of carbonyl (C=O) groups excluding carboxylic acids is 1. The number of alkyl halides is 1. The highest BCUT2D eigenvalue weighted by atomic mass is 79.9. The van der Waals surface area contributed by atoms with Crippen LogP contribution in [0.25, 0.3) is 0 Å². The van der Waals surface area contributed by atoms with E-state index in [0.29, 0.717) is 35.4 Å². The second-order valence-corrected chi connectivity index (χ2v) is 13.9. The molecule has 0 aromatic heterocycles. The zero-order valence-electron chi connectivity index (χ0n) is 23.9. The summed E-state index contributed by atoms with van der Waals surface area (Å²) < 4.78 is 28.0. The molecule has 2 N–H and O–H groups in total. The number of benzene rings is 2. The molecule has 6 nitrogen and oxygen atoms in total. The van der Waals surface area contributed by atoms with Gasteiger partial charge in [-0.1, -0.05) is 67.6 Å². The van der Waals surface area contributed by atoms with Gasteiger partial charge in [0.25, 0.3) is 0 Å². The largest absolute Gasteiger partial charge is 0.392 e. The van der Waals surface area contributed by atoms with E-state index in [1.165, 1.54) is 0 Å². The van der Waals surface area contributed by atoms with Crippen LogP contribution in [0.15, 0.2) is 47.4 Å². The minimum Gasteiger partial charge on any atom is -0.392 e. The highest BCUT2D eigenvalue weighted by molar-refractivity contribution is 9.09. The first-order valence-corrected chi connectivity index (χ1v) is 17.0. The Bertz CT molecular complexity index is 1210. The van der Waals surface area contributed by atoms with Crippen molar-refractivity contribution in [2.24, 2.45) is 5.41 Å². The number of amides is 1. The average molecular weight is 622 g/mol. The molecule has 2 aromatic rings. The lowest BCUT2D eigenvalue weighted by molar-refractivity contribution is -0.116. The molecule has 0 saturated heterocycles. The molecule has 0 unspecified atom stereocenters. The summed E-state index contributed by atoms with van der Waals surface area (Å²) in [5, 5.41) is 16.2. The smallest absolute Gasteiger partial charge is 0.224 e. The topological polar surface area (TPSA) is 86.7 Å². The molecule has 8 heteroatoms. The van der Waals surface area contributed by atoms with E-state index in [1.807, 2.05) is 55.4 Å². The number of nitrogens with one attached hydrogen (secondary N) is 1. The Hall–Kier alpha value is -1.90. The number of hydrogen-bond acceptors (Lipinski definition) is 5. The van der Waals surface area contributed by atoms with E-state index in [2.05, 4.69) is 35.1 Å². The monoisotopic (exact) mass is 620 g/mol. The van der Waals surface area contributed by atoms with Crippen molar-refractivity contribution in [3.05, 3.63) is 53.6 Å². The van der Waals surface area contributed by atoms with Crippen LogP contribution in [-0.2, 0) is 14.6 Å². The Morgan fingerprint density at radius 3 is 2.36 bits per heavy atom. The normalized spacial score (nSPS) is 19.6. The molecule has 0 radical (unpaired) electrons. The zero-order chi connectivity index (χ0) is 28.6. The van der Waals surface area contributed by atoms with E-state index in [0.717, 1.165) is 55.1 Å². The number of sulfone groups is 1. The van der Waals surface area contributed by atoms with Crippen LogP contribution in [0.4, 0.5) is 11.4 Å². The summed E-state index contributed by atoms with van der Waals surface area (Å²) >= 11 is 3.41. The van der Waals surface area contributed by atoms with Crippen LogP contribution in [0.3, 0.4) is 0 Å². The fraction of sp³-hybridized carbons (Fsp3) is 0.581. The number of aliphatic hydroxyl groups is 1. The Morgan fingerprint density at radius 1 is 1.05 bits per heavy atom. The molecule has 1 aliphatic rings. The summed E-state index contributed by atoms with van der Waals surface area (Å²) in [7, 11) is 0.198. The van der Waals surface area contributed by atoms with Gasteiger partial charge in [0.1, 0.15) is 0 Å². The Morgan fingerprint density at radius 2 is 1.74 bits per heavy atom. The van der Waals surface area contributed by atoms with Gasteiger partial charge in [-0.25, -0.2) is 8.42 Å². The molecule has 216 valence electrons. The van der Waals surface area contributed by atoms with Crippen LogP contribution in [0, 0.1) is 5.41 Å². The average Bonchev–Trinajstić information content (AvgIpc) is 2.97. The number of rotatable bonds is 13. The third-order valence-corrected chi connectivity index (χ3v) is 10.5. The molecule has 0 aliphatic carbocycles. The van der Waals surface area contributed by atoms with Crippen molar-refractivity contribution in [2.75, 3.05) is 35.4 Å². The number of aliphatic hydroxyl groups excluding tert-OH is 1. The molecule has 0 bridgehead atoms. The number of anilines is 2. The van der Waals surface area contributed by atoms with Crippen LogP contribution in [0.1, 0.15) is 88.7 Å². The Kier molecular flexibility index (Phi) is 11.5. The van der Waals surface area contributed by atoms with Gasteiger partial charge in [0.2, 0.25) is 5.91 Å². The maximum atomic E-state index is 14.0. The van der Waals surface area contributed by atoms with Gasteiger partial charge < -0.3 is 15.3 Å². The van der Waals surface area contributed by atoms with E-state index in [-0.39, 0.29) is 11.7 Å². The van der Waals surface area contributed by atoms with Crippen LogP contribution in [0.2, 0.25) is 0 Å². The highest BCUT2D eigenvalue weighted by Gasteiger charge is 2.49. The van der Waals surface area contributed by atoms with E-state index in [1.54, 1.807) is 6.07 Å². The lowest BCUT2D eigenvalue weighted by Crippen LogP contribution is -2.43. The Balaban J connectivity index is 2.18. The van der Waals surface area contributed by atoms with Gasteiger partial charge in [-0.15, -0.1) is 0 Å². The van der Waals surface area contributed by atoms with Crippen molar-refractivity contribution < 1.29 is 18.3 Å². The fourth-order valence-electron chi connectivity index (χ4n) is 5.80. The van der Waals surface area contributed by atoms with Crippen molar-refractivity contribution in [1.29, 1.82) is 0 Å². The van der Waals surface area contributed by atoms with Crippen LogP contribution < -0.4 is 10.2 Å². The summed E-state index contributed by atoms with van der Waals surface area (Å²) in [5.41, 5.74) is 2.22. The molecule has 0 fully saturated rings. The van der Waals surface area contributed by atoms with Crippen molar-refractivity contribution >= 4 is 43.0 Å². The molecule has 1 heterocycles. The quantitative estimate of drug-likeness (QED) is 0.188. The van der Waals surface area contributed by atoms with Gasteiger partial charge in [-0.2, -0.15) is 0 Å². The molecule has 2 atom stereocenters. The van der Waals surface area contributed by atoms with Gasteiger partial charge in [0, 0.05) is 48.6 Å². The molecule has 39 heavy (non-hydrogen) atoms. The zero-order valence-corrected chi connectivity index (χ0v) is 26.3. The van der Waals surface area contributed by atoms with Crippen molar-refractivity contribution in [2.45, 2.75) is 88.6 Å². The number of carbonyl (C=O) groups is 1. The van der Waals surface area contributed by atoms with Crippen molar-refractivity contribution in [1.82, 2.24) is 0 Å². The first kappa shape index (κ1) is 31.6. The standard InChI is InChI=1S/C31H45BrN2O4S/c1-5-7-17-31(18-8-6-2)22-39(37,38)27-16-15-25(34(3)4)21-26(27)29(30(31)36)23-12-11-13-24(20-23)33-28(35)14-9-10-19-32/h11-13,15-16,20-21,29-30,36H,5-10,14,17-19,22H2,1-4H3,(H,33,35)/t29-,30-/m1/s1. The van der Waals surface area contributed by atoms with Gasteiger partial charge in [0.15, 0.2) is 9.84 Å². The molecule has 1 amide bonds. The third-order valence-electron chi connectivity index (χ3n) is 7.97. The molecule has 0 saturated carbocycles. The van der Waals surface area contributed by atoms with Gasteiger partial charge in [0.05, 0.1) is 16.8 Å². The van der Waals surface area contributed by atoms with Crippen LogP contribution in [-0.4, -0.2) is 50.7 Å². The Labute approximate surface area is 243 Å². The SMILES string of the molecule is CCCCC1(CCCC)CS(=O)(=O)c2ccc(N(C)C)cc2[C@@H](c2cccc(NC(=O)CCCCBr)c2)[C@H]1O. The van der Waals surface area contributed by atoms with Crippen LogP contribution >= 0.6 is 15.9 Å². The maximum Gasteiger partial charge on any atom is 0.224 e. The minimum absolute atomic E-state index is 0.0485. The number of unbranched alkanes of at least 4 members (excludes halogenated alkanes) is 3. The molecule has 0 spiro atoms. The fourth-order valence-corrected chi connectivity index (χ4v) is 8.39. The highest BCUT2D eigenvalue weighted by Crippen LogP contribution is 2.50. The number of fused-ring (bicyclic) bond motifs is 1. The summed E-state index contributed by atoms with van der Waals surface area (Å²) in [6.07, 6.45) is 6.14. The van der Waals surface area contributed by atoms with E-state index in [9.17, 15) is 18.3 Å². The van der Waals surface area contributed by atoms with Gasteiger partial charge >= 0.3 is 0 Å². The third kappa shape index (κ3) is 7.65. The molecule has 2 aromatic carbocycles. The lowest BCUT2D eigenvalue weighted by Gasteiger charge is -2.40. The summed E-state index contributed by atoms with van der Waals surface area (Å²) in [6, 6.07) is 13.1. The summed E-state index contributed by atoms with van der Waals surface area (Å²) in [6.45, 7) is 4.20.